The third-order valence-corrected chi connectivity index (χ3v) is 4.05. The van der Waals surface area contributed by atoms with Gasteiger partial charge < -0.3 is 10.3 Å². The summed E-state index contributed by atoms with van der Waals surface area (Å²) in [6.07, 6.45) is 7.01. The SMILES string of the molecule is O=C(/C=C/c1ccc(CNCCc2ccnc3[nH]ccc23)c(F)c1)NO. The first-order chi connectivity index (χ1) is 12.7. The van der Waals surface area contributed by atoms with E-state index in [1.807, 2.05) is 18.3 Å². The molecule has 0 aliphatic carbocycles. The molecule has 0 aliphatic rings. The van der Waals surface area contributed by atoms with E-state index in [9.17, 15) is 9.18 Å². The zero-order valence-corrected chi connectivity index (χ0v) is 14.0. The van der Waals surface area contributed by atoms with E-state index >= 15 is 0 Å². The van der Waals surface area contributed by atoms with Gasteiger partial charge >= 0.3 is 0 Å². The molecule has 0 bridgehead atoms. The zero-order chi connectivity index (χ0) is 18.4. The Morgan fingerprint density at radius 2 is 2.15 bits per heavy atom. The fourth-order valence-electron chi connectivity index (χ4n) is 2.70. The van der Waals surface area contributed by atoms with E-state index < -0.39 is 5.91 Å². The number of carbonyl (C=O) groups excluding carboxylic acids is 1. The predicted molar refractivity (Wildman–Crippen MR) is 96.9 cm³/mol. The van der Waals surface area contributed by atoms with Gasteiger partial charge in [-0.3, -0.25) is 10.0 Å². The summed E-state index contributed by atoms with van der Waals surface area (Å²) >= 11 is 0. The lowest BCUT2D eigenvalue weighted by Gasteiger charge is -2.08. The Kier molecular flexibility index (Phi) is 5.73. The van der Waals surface area contributed by atoms with Crippen LogP contribution in [0, 0.1) is 5.82 Å². The van der Waals surface area contributed by atoms with Crippen LogP contribution in [0.1, 0.15) is 16.7 Å². The Hall–Kier alpha value is -3.03. The van der Waals surface area contributed by atoms with Crippen molar-refractivity contribution in [3.63, 3.8) is 0 Å². The highest BCUT2D eigenvalue weighted by molar-refractivity contribution is 5.90. The molecule has 0 unspecified atom stereocenters. The lowest BCUT2D eigenvalue weighted by Crippen LogP contribution is -2.17. The number of hydroxylamine groups is 1. The molecule has 0 atom stereocenters. The minimum absolute atomic E-state index is 0.346. The van der Waals surface area contributed by atoms with Gasteiger partial charge in [-0.05, 0) is 48.4 Å². The van der Waals surface area contributed by atoms with Crippen molar-refractivity contribution in [3.05, 3.63) is 71.3 Å². The highest BCUT2D eigenvalue weighted by atomic mass is 19.1. The average Bonchev–Trinajstić information content (AvgIpc) is 3.14. The molecular weight excluding hydrogens is 335 g/mol. The summed E-state index contributed by atoms with van der Waals surface area (Å²) in [5, 5.41) is 12.8. The maximum atomic E-state index is 14.1. The molecule has 26 heavy (non-hydrogen) atoms. The Morgan fingerprint density at radius 1 is 1.27 bits per heavy atom. The lowest BCUT2D eigenvalue weighted by atomic mass is 10.1. The molecule has 0 radical (unpaired) electrons. The van der Waals surface area contributed by atoms with Gasteiger partial charge in [-0.25, -0.2) is 14.9 Å². The Morgan fingerprint density at radius 3 is 2.96 bits per heavy atom. The number of carbonyl (C=O) groups is 1. The minimum atomic E-state index is -0.663. The Labute approximate surface area is 149 Å². The van der Waals surface area contributed by atoms with E-state index in [1.54, 1.807) is 18.3 Å². The van der Waals surface area contributed by atoms with Crippen LogP contribution < -0.4 is 10.8 Å². The molecule has 2 heterocycles. The van der Waals surface area contributed by atoms with E-state index in [4.69, 9.17) is 5.21 Å². The van der Waals surface area contributed by atoms with Crippen LogP contribution in [0.25, 0.3) is 17.1 Å². The number of aromatic nitrogens is 2. The van der Waals surface area contributed by atoms with Crippen LogP contribution in [0.3, 0.4) is 0 Å². The number of fused-ring (bicyclic) bond motifs is 1. The molecule has 7 heteroatoms. The van der Waals surface area contributed by atoms with Crippen molar-refractivity contribution in [3.8, 4) is 0 Å². The van der Waals surface area contributed by atoms with Crippen LogP contribution in [-0.4, -0.2) is 27.6 Å². The maximum absolute atomic E-state index is 14.1. The van der Waals surface area contributed by atoms with Crippen molar-refractivity contribution in [2.24, 2.45) is 0 Å². The van der Waals surface area contributed by atoms with Gasteiger partial charge in [0.05, 0.1) is 0 Å². The fourth-order valence-corrected chi connectivity index (χ4v) is 2.70. The van der Waals surface area contributed by atoms with E-state index in [-0.39, 0.29) is 5.82 Å². The number of hydrogen-bond acceptors (Lipinski definition) is 4. The molecule has 0 spiro atoms. The van der Waals surface area contributed by atoms with Crippen LogP contribution in [0.2, 0.25) is 0 Å². The second-order valence-corrected chi connectivity index (χ2v) is 5.80. The summed E-state index contributed by atoms with van der Waals surface area (Å²) < 4.78 is 14.1. The molecular formula is C19H19FN4O2. The summed E-state index contributed by atoms with van der Waals surface area (Å²) in [5.41, 5.74) is 4.63. The predicted octanol–water partition coefficient (Wildman–Crippen LogP) is 2.55. The van der Waals surface area contributed by atoms with Crippen molar-refractivity contribution in [2.45, 2.75) is 13.0 Å². The van der Waals surface area contributed by atoms with Crippen molar-refractivity contribution in [2.75, 3.05) is 6.54 Å². The highest BCUT2D eigenvalue weighted by Crippen LogP contribution is 2.15. The van der Waals surface area contributed by atoms with Crippen LogP contribution >= 0.6 is 0 Å². The van der Waals surface area contributed by atoms with Gasteiger partial charge in [0, 0.05) is 36.0 Å². The maximum Gasteiger partial charge on any atom is 0.267 e. The molecule has 0 saturated carbocycles. The van der Waals surface area contributed by atoms with Crippen LogP contribution in [0.4, 0.5) is 4.39 Å². The standard InChI is InChI=1S/C19H19FN4O2/c20-17-11-13(2-4-18(25)24-26)1-3-15(17)12-21-8-5-14-6-9-22-19-16(14)7-10-23-19/h1-4,6-7,9-11,21,26H,5,8,12H2,(H,22,23)(H,24,25)/b4-2+. The Bertz CT molecular complexity index is 936. The van der Waals surface area contributed by atoms with Gasteiger partial charge in [0.2, 0.25) is 0 Å². The first-order valence-electron chi connectivity index (χ1n) is 8.19. The summed E-state index contributed by atoms with van der Waals surface area (Å²) in [4.78, 5) is 18.3. The summed E-state index contributed by atoms with van der Waals surface area (Å²) in [7, 11) is 0. The molecule has 0 fully saturated rings. The van der Waals surface area contributed by atoms with E-state index in [2.05, 4.69) is 15.3 Å². The molecule has 4 N–H and O–H groups in total. The van der Waals surface area contributed by atoms with Crippen molar-refractivity contribution < 1.29 is 14.4 Å². The van der Waals surface area contributed by atoms with Gasteiger partial charge in [0.1, 0.15) is 11.5 Å². The van der Waals surface area contributed by atoms with E-state index in [1.165, 1.54) is 23.2 Å². The van der Waals surface area contributed by atoms with Crippen LogP contribution in [0.5, 0.6) is 0 Å². The fraction of sp³-hybridized carbons (Fsp3) is 0.158. The third kappa shape index (κ3) is 4.33. The lowest BCUT2D eigenvalue weighted by molar-refractivity contribution is -0.124. The van der Waals surface area contributed by atoms with Crippen LogP contribution in [0.15, 0.2) is 48.8 Å². The molecule has 1 aromatic carbocycles. The van der Waals surface area contributed by atoms with E-state index in [0.717, 1.165) is 23.5 Å². The van der Waals surface area contributed by atoms with Crippen molar-refractivity contribution in [1.82, 2.24) is 20.8 Å². The second-order valence-electron chi connectivity index (χ2n) is 5.80. The van der Waals surface area contributed by atoms with Crippen molar-refractivity contribution in [1.29, 1.82) is 0 Å². The zero-order valence-electron chi connectivity index (χ0n) is 14.0. The normalized spacial score (nSPS) is 11.3. The Balaban J connectivity index is 1.54. The molecule has 3 rings (SSSR count). The molecule has 6 nitrogen and oxygen atoms in total. The number of rotatable bonds is 7. The first kappa shape index (κ1) is 17.8. The van der Waals surface area contributed by atoms with E-state index in [0.29, 0.717) is 24.2 Å². The smallest absolute Gasteiger partial charge is 0.267 e. The molecule has 134 valence electrons. The van der Waals surface area contributed by atoms with Gasteiger partial charge in [0.15, 0.2) is 0 Å². The number of nitrogens with zero attached hydrogens (tertiary/aromatic N) is 1. The van der Waals surface area contributed by atoms with Gasteiger partial charge in [-0.1, -0.05) is 12.1 Å². The molecule has 0 aliphatic heterocycles. The van der Waals surface area contributed by atoms with Gasteiger partial charge in [-0.2, -0.15) is 0 Å². The molecule has 0 saturated heterocycles. The third-order valence-electron chi connectivity index (χ3n) is 4.05. The summed E-state index contributed by atoms with van der Waals surface area (Å²) in [6, 6.07) is 8.73. The van der Waals surface area contributed by atoms with Crippen molar-refractivity contribution >= 4 is 23.0 Å². The number of amides is 1. The monoisotopic (exact) mass is 354 g/mol. The highest BCUT2D eigenvalue weighted by Gasteiger charge is 2.05. The number of H-pyrrole nitrogens is 1. The van der Waals surface area contributed by atoms with Gasteiger partial charge in [-0.15, -0.1) is 0 Å². The number of aromatic amines is 1. The molecule has 1 amide bonds. The number of benzene rings is 1. The number of pyridine rings is 1. The number of halogens is 1. The van der Waals surface area contributed by atoms with Gasteiger partial charge in [0.25, 0.3) is 5.91 Å². The number of hydrogen-bond donors (Lipinski definition) is 4. The molecule has 3 aromatic rings. The topological polar surface area (TPSA) is 90.0 Å². The quantitative estimate of drug-likeness (QED) is 0.227. The average molecular weight is 354 g/mol. The second kappa shape index (κ2) is 8.37. The summed E-state index contributed by atoms with van der Waals surface area (Å²) in [6.45, 7) is 1.12. The molecule has 2 aromatic heterocycles. The number of nitrogens with one attached hydrogen (secondary N) is 3. The minimum Gasteiger partial charge on any atom is -0.346 e. The first-order valence-corrected chi connectivity index (χ1v) is 8.19. The summed E-state index contributed by atoms with van der Waals surface area (Å²) in [5.74, 6) is -1.01. The largest absolute Gasteiger partial charge is 0.346 e. The van der Waals surface area contributed by atoms with Crippen LogP contribution in [-0.2, 0) is 17.8 Å².